The standard InChI is InChI=1S/C18H28N2O3/c1-13(2)20-14-9-16(10-14)23-17-6-5-15(11-19-17)22-8-7-18(3,4)12-21/h5-6,11-14,16,20H,7-10H2,1-4H3. The molecule has 1 saturated carbocycles. The van der Waals surface area contributed by atoms with Gasteiger partial charge in [0.25, 0.3) is 0 Å². The number of pyridine rings is 1. The second-order valence-corrected chi connectivity index (χ2v) is 7.27. The molecule has 128 valence electrons. The van der Waals surface area contributed by atoms with Crippen LogP contribution in [0.4, 0.5) is 0 Å². The van der Waals surface area contributed by atoms with Gasteiger partial charge in [0.05, 0.1) is 12.8 Å². The van der Waals surface area contributed by atoms with E-state index in [1.807, 2.05) is 26.0 Å². The van der Waals surface area contributed by atoms with Crippen molar-refractivity contribution in [2.45, 2.75) is 65.1 Å². The quantitative estimate of drug-likeness (QED) is 0.709. The topological polar surface area (TPSA) is 60.5 Å². The number of rotatable bonds is 9. The molecule has 1 aliphatic carbocycles. The number of nitrogens with one attached hydrogen (secondary N) is 1. The van der Waals surface area contributed by atoms with Crippen LogP contribution >= 0.6 is 0 Å². The second-order valence-electron chi connectivity index (χ2n) is 7.27. The van der Waals surface area contributed by atoms with Gasteiger partial charge in [-0.05, 0) is 25.3 Å². The van der Waals surface area contributed by atoms with Crippen molar-refractivity contribution < 1.29 is 14.3 Å². The van der Waals surface area contributed by atoms with Gasteiger partial charge in [-0.3, -0.25) is 0 Å². The van der Waals surface area contributed by atoms with Gasteiger partial charge in [-0.1, -0.05) is 27.7 Å². The third-order valence-corrected chi connectivity index (χ3v) is 3.99. The molecule has 5 heteroatoms. The van der Waals surface area contributed by atoms with Crippen LogP contribution in [0.15, 0.2) is 18.3 Å². The predicted octanol–water partition coefficient (Wildman–Crippen LogP) is 2.98. The fraction of sp³-hybridized carbons (Fsp3) is 0.667. The first-order valence-electron chi connectivity index (χ1n) is 8.36. The predicted molar refractivity (Wildman–Crippen MR) is 89.9 cm³/mol. The van der Waals surface area contributed by atoms with Gasteiger partial charge < -0.3 is 19.6 Å². The lowest BCUT2D eigenvalue weighted by molar-refractivity contribution is -0.115. The average molecular weight is 320 g/mol. The summed E-state index contributed by atoms with van der Waals surface area (Å²) in [7, 11) is 0. The minimum Gasteiger partial charge on any atom is -0.492 e. The van der Waals surface area contributed by atoms with Crippen LogP contribution in [0.1, 0.15) is 47.0 Å². The van der Waals surface area contributed by atoms with E-state index in [1.165, 1.54) is 0 Å². The van der Waals surface area contributed by atoms with Gasteiger partial charge in [-0.25, -0.2) is 4.98 Å². The molecule has 0 amide bonds. The molecule has 5 nitrogen and oxygen atoms in total. The zero-order valence-corrected chi connectivity index (χ0v) is 14.5. The molecule has 1 heterocycles. The first-order chi connectivity index (χ1) is 10.9. The van der Waals surface area contributed by atoms with Gasteiger partial charge >= 0.3 is 0 Å². The molecule has 1 fully saturated rings. The van der Waals surface area contributed by atoms with E-state index < -0.39 is 0 Å². The molecule has 0 atom stereocenters. The Bertz CT molecular complexity index is 493. The Balaban J connectivity index is 1.70. The van der Waals surface area contributed by atoms with Crippen LogP contribution < -0.4 is 14.8 Å². The van der Waals surface area contributed by atoms with Crippen molar-refractivity contribution in [3.8, 4) is 11.6 Å². The van der Waals surface area contributed by atoms with Crippen LogP contribution in [0.2, 0.25) is 0 Å². The summed E-state index contributed by atoms with van der Waals surface area (Å²) in [5, 5.41) is 3.50. The fourth-order valence-electron chi connectivity index (χ4n) is 2.45. The van der Waals surface area contributed by atoms with E-state index in [0.29, 0.717) is 36.7 Å². The number of carbonyl (C=O) groups is 1. The Morgan fingerprint density at radius 1 is 1.39 bits per heavy atom. The highest BCUT2D eigenvalue weighted by atomic mass is 16.5. The first-order valence-corrected chi connectivity index (χ1v) is 8.36. The number of nitrogens with zero attached hydrogens (tertiary/aromatic N) is 1. The largest absolute Gasteiger partial charge is 0.492 e. The molecule has 0 aliphatic heterocycles. The summed E-state index contributed by atoms with van der Waals surface area (Å²) >= 11 is 0. The molecule has 0 unspecified atom stereocenters. The van der Waals surface area contributed by atoms with Gasteiger partial charge in [0, 0.05) is 23.6 Å². The minimum absolute atomic E-state index is 0.249. The van der Waals surface area contributed by atoms with Gasteiger partial charge in [-0.2, -0.15) is 0 Å². The highest BCUT2D eigenvalue weighted by Gasteiger charge is 2.31. The highest BCUT2D eigenvalue weighted by molar-refractivity contribution is 5.57. The Kier molecular flexibility index (Phi) is 5.99. The second kappa shape index (κ2) is 7.77. The molecule has 2 rings (SSSR count). The molecular formula is C18H28N2O3. The van der Waals surface area contributed by atoms with Gasteiger partial charge in [0.1, 0.15) is 18.1 Å². The van der Waals surface area contributed by atoms with Crippen LogP contribution in [-0.2, 0) is 4.79 Å². The van der Waals surface area contributed by atoms with Gasteiger partial charge in [0.2, 0.25) is 5.88 Å². The zero-order valence-electron chi connectivity index (χ0n) is 14.5. The average Bonchev–Trinajstić information content (AvgIpc) is 2.46. The summed E-state index contributed by atoms with van der Waals surface area (Å²) in [6.07, 6.45) is 5.62. The van der Waals surface area contributed by atoms with Crippen LogP contribution in [0.5, 0.6) is 11.6 Å². The van der Waals surface area contributed by atoms with Crippen molar-refractivity contribution in [1.82, 2.24) is 10.3 Å². The van der Waals surface area contributed by atoms with Crippen molar-refractivity contribution in [1.29, 1.82) is 0 Å². The molecule has 1 aromatic rings. The number of hydrogen-bond donors (Lipinski definition) is 1. The lowest BCUT2D eigenvalue weighted by atomic mass is 9.89. The number of ether oxygens (including phenoxy) is 2. The summed E-state index contributed by atoms with van der Waals surface area (Å²) in [6.45, 7) is 8.62. The van der Waals surface area contributed by atoms with Crippen LogP contribution in [-0.4, -0.2) is 36.1 Å². The van der Waals surface area contributed by atoms with E-state index in [9.17, 15) is 4.79 Å². The monoisotopic (exact) mass is 320 g/mol. The number of carbonyl (C=O) groups excluding carboxylic acids is 1. The Labute approximate surface area is 138 Å². The van der Waals surface area contributed by atoms with E-state index in [0.717, 1.165) is 19.1 Å². The highest BCUT2D eigenvalue weighted by Crippen LogP contribution is 2.26. The summed E-state index contributed by atoms with van der Waals surface area (Å²) < 4.78 is 11.5. The molecule has 1 aliphatic rings. The third kappa shape index (κ3) is 5.82. The van der Waals surface area contributed by atoms with E-state index in [1.54, 1.807) is 6.20 Å². The summed E-state index contributed by atoms with van der Waals surface area (Å²) in [5.41, 5.74) is -0.346. The van der Waals surface area contributed by atoms with Crippen molar-refractivity contribution in [3.63, 3.8) is 0 Å². The van der Waals surface area contributed by atoms with E-state index >= 15 is 0 Å². The van der Waals surface area contributed by atoms with Crippen LogP contribution in [0.3, 0.4) is 0 Å². The lowest BCUT2D eigenvalue weighted by Crippen LogP contribution is -2.49. The zero-order chi connectivity index (χ0) is 16.9. The normalized spacial score (nSPS) is 20.9. The van der Waals surface area contributed by atoms with Crippen molar-refractivity contribution >= 4 is 6.29 Å². The van der Waals surface area contributed by atoms with Crippen molar-refractivity contribution in [2.24, 2.45) is 5.41 Å². The maximum atomic E-state index is 10.8. The Morgan fingerprint density at radius 3 is 2.70 bits per heavy atom. The SMILES string of the molecule is CC(C)NC1CC(Oc2ccc(OCCC(C)(C)C=O)cn2)C1. The Hall–Kier alpha value is -1.62. The van der Waals surface area contributed by atoms with Gasteiger partial charge in [-0.15, -0.1) is 0 Å². The minimum atomic E-state index is -0.346. The molecule has 0 radical (unpaired) electrons. The van der Waals surface area contributed by atoms with Gasteiger partial charge in [0.15, 0.2) is 0 Å². The van der Waals surface area contributed by atoms with Crippen LogP contribution in [0.25, 0.3) is 0 Å². The Morgan fingerprint density at radius 2 is 2.13 bits per heavy atom. The first kappa shape index (κ1) is 17.7. The molecule has 0 spiro atoms. The summed E-state index contributed by atoms with van der Waals surface area (Å²) in [4.78, 5) is 15.1. The molecule has 23 heavy (non-hydrogen) atoms. The molecule has 0 aromatic carbocycles. The number of hydrogen-bond acceptors (Lipinski definition) is 5. The smallest absolute Gasteiger partial charge is 0.213 e. The molecule has 0 bridgehead atoms. The van der Waals surface area contributed by atoms with Crippen LogP contribution in [0, 0.1) is 5.41 Å². The maximum absolute atomic E-state index is 10.8. The van der Waals surface area contributed by atoms with Crippen molar-refractivity contribution in [3.05, 3.63) is 18.3 Å². The number of aldehydes is 1. The molecular weight excluding hydrogens is 292 g/mol. The molecule has 0 saturated heterocycles. The molecule has 1 aromatic heterocycles. The fourth-order valence-corrected chi connectivity index (χ4v) is 2.45. The molecule has 1 N–H and O–H groups in total. The third-order valence-electron chi connectivity index (χ3n) is 3.99. The van der Waals surface area contributed by atoms with E-state index in [2.05, 4.69) is 24.1 Å². The summed E-state index contributed by atoms with van der Waals surface area (Å²) in [6, 6.07) is 4.77. The van der Waals surface area contributed by atoms with E-state index in [4.69, 9.17) is 9.47 Å². The lowest BCUT2D eigenvalue weighted by Gasteiger charge is -2.36. The van der Waals surface area contributed by atoms with E-state index in [-0.39, 0.29) is 11.5 Å². The number of aromatic nitrogens is 1. The van der Waals surface area contributed by atoms with Crippen molar-refractivity contribution in [2.75, 3.05) is 6.61 Å². The summed E-state index contributed by atoms with van der Waals surface area (Å²) in [5.74, 6) is 1.34. The maximum Gasteiger partial charge on any atom is 0.213 e.